The third-order valence-corrected chi connectivity index (χ3v) is 4.04. The summed E-state index contributed by atoms with van der Waals surface area (Å²) in [7, 11) is 0. The number of ketones is 1. The van der Waals surface area contributed by atoms with Crippen LogP contribution in [0.25, 0.3) is 0 Å². The minimum atomic E-state index is 0.130. The van der Waals surface area contributed by atoms with Gasteiger partial charge >= 0.3 is 0 Å². The molecule has 0 radical (unpaired) electrons. The van der Waals surface area contributed by atoms with Gasteiger partial charge in [0.2, 0.25) is 0 Å². The van der Waals surface area contributed by atoms with Crippen molar-refractivity contribution in [1.29, 1.82) is 0 Å². The van der Waals surface area contributed by atoms with E-state index in [0.29, 0.717) is 17.7 Å². The van der Waals surface area contributed by atoms with Crippen molar-refractivity contribution in [2.75, 3.05) is 13.2 Å². The van der Waals surface area contributed by atoms with Crippen molar-refractivity contribution in [2.24, 2.45) is 11.8 Å². The molecule has 2 fully saturated rings. The minimum Gasteiger partial charge on any atom is -0.377 e. The summed E-state index contributed by atoms with van der Waals surface area (Å²) in [4.78, 5) is 14.5. The normalized spacial score (nSPS) is 38.8. The summed E-state index contributed by atoms with van der Waals surface area (Å²) in [5.74, 6) is 1.23. The summed E-state index contributed by atoms with van der Waals surface area (Å²) in [6, 6.07) is 0.659. The third kappa shape index (κ3) is 2.71. The Bertz CT molecular complexity index is 290. The molecule has 3 nitrogen and oxygen atoms in total. The molecule has 0 aliphatic carbocycles. The monoisotopic (exact) mass is 239 g/mol. The molecular formula is C14H25NO2. The number of piperidine rings is 1. The predicted molar refractivity (Wildman–Crippen MR) is 67.9 cm³/mol. The zero-order chi connectivity index (χ0) is 12.6. The van der Waals surface area contributed by atoms with Gasteiger partial charge in [0.25, 0.3) is 0 Å². The summed E-state index contributed by atoms with van der Waals surface area (Å²) in [6.45, 7) is 10.4. The SMILES string of the molecule is CC(C)CO[C@H]1C[C@H]2C(=O)C(C)CC(C)N2C1. The average Bonchev–Trinajstić information content (AvgIpc) is 2.68. The molecule has 0 bridgehead atoms. The first kappa shape index (κ1) is 13.0. The molecule has 4 atom stereocenters. The molecule has 2 aliphatic heterocycles. The standard InChI is InChI=1S/C14H25NO2/c1-9(2)8-17-12-6-13-14(16)10(3)5-11(4)15(13)7-12/h9-13H,5-8H2,1-4H3/t10?,11?,12-,13-/m0/s1. The lowest BCUT2D eigenvalue weighted by Crippen LogP contribution is -2.49. The van der Waals surface area contributed by atoms with Crippen LogP contribution in [-0.2, 0) is 9.53 Å². The van der Waals surface area contributed by atoms with Crippen LogP contribution in [0.1, 0.15) is 40.5 Å². The fourth-order valence-corrected chi connectivity index (χ4v) is 3.13. The van der Waals surface area contributed by atoms with Crippen LogP contribution in [0.4, 0.5) is 0 Å². The van der Waals surface area contributed by atoms with Gasteiger partial charge in [-0.05, 0) is 25.7 Å². The Labute approximate surface area is 105 Å². The summed E-state index contributed by atoms with van der Waals surface area (Å²) in [6.07, 6.45) is 2.17. The minimum absolute atomic E-state index is 0.130. The zero-order valence-corrected chi connectivity index (χ0v) is 11.5. The van der Waals surface area contributed by atoms with Crippen molar-refractivity contribution in [1.82, 2.24) is 4.90 Å². The maximum atomic E-state index is 12.1. The van der Waals surface area contributed by atoms with Crippen LogP contribution in [0.15, 0.2) is 0 Å². The first-order chi connectivity index (χ1) is 7.99. The summed E-state index contributed by atoms with van der Waals surface area (Å²) in [5, 5.41) is 0. The molecule has 0 aromatic heterocycles. The van der Waals surface area contributed by atoms with Crippen molar-refractivity contribution in [3.05, 3.63) is 0 Å². The Morgan fingerprint density at radius 3 is 2.71 bits per heavy atom. The van der Waals surface area contributed by atoms with E-state index in [-0.39, 0.29) is 18.1 Å². The van der Waals surface area contributed by atoms with Gasteiger partial charge in [-0.1, -0.05) is 20.8 Å². The quantitative estimate of drug-likeness (QED) is 0.755. The molecule has 0 aromatic carbocycles. The Morgan fingerprint density at radius 1 is 1.35 bits per heavy atom. The highest BCUT2D eigenvalue weighted by molar-refractivity contribution is 5.87. The van der Waals surface area contributed by atoms with Gasteiger partial charge in [0.05, 0.1) is 12.1 Å². The molecule has 2 heterocycles. The summed E-state index contributed by atoms with van der Waals surface area (Å²) < 4.78 is 5.89. The van der Waals surface area contributed by atoms with E-state index in [1.54, 1.807) is 0 Å². The molecule has 3 heteroatoms. The number of fused-ring (bicyclic) bond motifs is 1. The van der Waals surface area contributed by atoms with Crippen molar-refractivity contribution < 1.29 is 9.53 Å². The van der Waals surface area contributed by atoms with E-state index < -0.39 is 0 Å². The van der Waals surface area contributed by atoms with Gasteiger partial charge in [0.15, 0.2) is 5.78 Å². The second-order valence-electron chi connectivity index (χ2n) is 6.19. The molecule has 0 saturated carbocycles. The van der Waals surface area contributed by atoms with Gasteiger partial charge in [0, 0.05) is 25.1 Å². The number of hydrogen-bond acceptors (Lipinski definition) is 3. The molecule has 2 saturated heterocycles. The fourth-order valence-electron chi connectivity index (χ4n) is 3.13. The number of nitrogens with zero attached hydrogens (tertiary/aromatic N) is 1. The van der Waals surface area contributed by atoms with E-state index in [2.05, 4.69) is 32.6 Å². The van der Waals surface area contributed by atoms with Gasteiger partial charge in [-0.2, -0.15) is 0 Å². The molecule has 98 valence electrons. The number of rotatable bonds is 3. The smallest absolute Gasteiger partial charge is 0.152 e. The summed E-state index contributed by atoms with van der Waals surface area (Å²) >= 11 is 0. The van der Waals surface area contributed by atoms with Crippen LogP contribution >= 0.6 is 0 Å². The van der Waals surface area contributed by atoms with E-state index in [1.807, 2.05) is 0 Å². The largest absolute Gasteiger partial charge is 0.377 e. The molecule has 0 aromatic rings. The zero-order valence-electron chi connectivity index (χ0n) is 11.5. The highest BCUT2D eigenvalue weighted by atomic mass is 16.5. The van der Waals surface area contributed by atoms with Crippen LogP contribution in [0, 0.1) is 11.8 Å². The molecule has 0 amide bonds. The molecule has 17 heavy (non-hydrogen) atoms. The number of hydrogen-bond donors (Lipinski definition) is 0. The molecule has 0 spiro atoms. The van der Waals surface area contributed by atoms with Crippen molar-refractivity contribution >= 4 is 5.78 Å². The number of Topliss-reactive ketones (excluding diaryl/α,β-unsaturated/α-hetero) is 1. The fraction of sp³-hybridized carbons (Fsp3) is 0.929. The predicted octanol–water partition coefficient (Wildman–Crippen LogP) is 2.10. The van der Waals surface area contributed by atoms with Crippen molar-refractivity contribution in [3.63, 3.8) is 0 Å². The van der Waals surface area contributed by atoms with Gasteiger partial charge in [0.1, 0.15) is 0 Å². The highest BCUT2D eigenvalue weighted by Gasteiger charge is 2.44. The van der Waals surface area contributed by atoms with Gasteiger partial charge < -0.3 is 4.74 Å². The third-order valence-electron chi connectivity index (χ3n) is 4.04. The van der Waals surface area contributed by atoms with Crippen LogP contribution in [0.3, 0.4) is 0 Å². The maximum Gasteiger partial charge on any atom is 0.152 e. The summed E-state index contributed by atoms with van der Waals surface area (Å²) in [5.41, 5.74) is 0. The van der Waals surface area contributed by atoms with E-state index in [9.17, 15) is 4.79 Å². The number of carbonyl (C=O) groups is 1. The Balaban J connectivity index is 1.95. The Kier molecular flexibility index (Phi) is 3.88. The second-order valence-corrected chi connectivity index (χ2v) is 6.19. The number of ether oxygens (including phenoxy) is 1. The van der Waals surface area contributed by atoms with Crippen LogP contribution in [0.2, 0.25) is 0 Å². The van der Waals surface area contributed by atoms with E-state index >= 15 is 0 Å². The van der Waals surface area contributed by atoms with Gasteiger partial charge in [-0.25, -0.2) is 0 Å². The lowest BCUT2D eigenvalue weighted by molar-refractivity contribution is -0.131. The maximum absolute atomic E-state index is 12.1. The van der Waals surface area contributed by atoms with Crippen LogP contribution in [-0.4, -0.2) is 42.0 Å². The van der Waals surface area contributed by atoms with E-state index in [0.717, 1.165) is 26.0 Å². The first-order valence-corrected chi connectivity index (χ1v) is 6.90. The molecule has 2 aliphatic rings. The highest BCUT2D eigenvalue weighted by Crippen LogP contribution is 2.32. The van der Waals surface area contributed by atoms with E-state index in [4.69, 9.17) is 4.74 Å². The van der Waals surface area contributed by atoms with Gasteiger partial charge in [-0.15, -0.1) is 0 Å². The molecule has 0 N–H and O–H groups in total. The van der Waals surface area contributed by atoms with Gasteiger partial charge in [-0.3, -0.25) is 9.69 Å². The Hall–Kier alpha value is -0.410. The first-order valence-electron chi connectivity index (χ1n) is 6.90. The Morgan fingerprint density at radius 2 is 2.06 bits per heavy atom. The molecular weight excluding hydrogens is 214 g/mol. The van der Waals surface area contributed by atoms with Crippen molar-refractivity contribution in [2.45, 2.75) is 58.7 Å². The number of carbonyl (C=O) groups excluding carboxylic acids is 1. The van der Waals surface area contributed by atoms with Crippen LogP contribution < -0.4 is 0 Å². The topological polar surface area (TPSA) is 29.5 Å². The van der Waals surface area contributed by atoms with Crippen molar-refractivity contribution in [3.8, 4) is 0 Å². The second kappa shape index (κ2) is 5.07. The molecule has 2 rings (SSSR count). The van der Waals surface area contributed by atoms with E-state index in [1.165, 1.54) is 0 Å². The lowest BCUT2D eigenvalue weighted by atomic mass is 9.87. The lowest BCUT2D eigenvalue weighted by Gasteiger charge is -2.37. The van der Waals surface area contributed by atoms with Crippen LogP contribution in [0.5, 0.6) is 0 Å². The molecule has 2 unspecified atom stereocenters. The average molecular weight is 239 g/mol.